The summed E-state index contributed by atoms with van der Waals surface area (Å²) in [4.78, 5) is 0. The summed E-state index contributed by atoms with van der Waals surface area (Å²) < 4.78 is 0. The first-order chi connectivity index (χ1) is 7.00. The van der Waals surface area contributed by atoms with Gasteiger partial charge in [-0.1, -0.05) is 37.6 Å². The summed E-state index contributed by atoms with van der Waals surface area (Å²) in [6.07, 6.45) is 0. The molecule has 0 aliphatic carbocycles. The average molecular weight is 205 g/mol. The van der Waals surface area contributed by atoms with Crippen molar-refractivity contribution in [1.29, 1.82) is 0 Å². The van der Waals surface area contributed by atoms with Gasteiger partial charge in [0.15, 0.2) is 0 Å². The Morgan fingerprint density at radius 3 is 2.40 bits per heavy atom. The van der Waals surface area contributed by atoms with Crippen molar-refractivity contribution in [2.45, 2.75) is 40.7 Å². The molecule has 1 aromatic carbocycles. The summed E-state index contributed by atoms with van der Waals surface area (Å²) in [5.41, 5.74) is 4.15. The van der Waals surface area contributed by atoms with Crippen LogP contribution in [0.3, 0.4) is 0 Å². The van der Waals surface area contributed by atoms with E-state index in [-0.39, 0.29) is 0 Å². The van der Waals surface area contributed by atoms with Gasteiger partial charge in [-0.2, -0.15) is 0 Å². The third-order valence-electron chi connectivity index (χ3n) is 2.73. The second kappa shape index (κ2) is 5.32. The minimum atomic E-state index is 0.451. The molecule has 1 unspecified atom stereocenters. The van der Waals surface area contributed by atoms with Crippen molar-refractivity contribution in [2.75, 3.05) is 6.54 Å². The zero-order chi connectivity index (χ0) is 11.4. The largest absolute Gasteiger partial charge is 0.310 e. The number of benzene rings is 1. The van der Waals surface area contributed by atoms with Gasteiger partial charge in [0.1, 0.15) is 0 Å². The fraction of sp³-hybridized carbons (Fsp3) is 0.571. The van der Waals surface area contributed by atoms with E-state index < -0.39 is 0 Å². The van der Waals surface area contributed by atoms with Gasteiger partial charge in [-0.15, -0.1) is 0 Å². The molecule has 0 saturated heterocycles. The molecule has 0 aromatic heterocycles. The lowest BCUT2D eigenvalue weighted by Crippen LogP contribution is -2.23. The molecule has 0 fully saturated rings. The fourth-order valence-electron chi connectivity index (χ4n) is 1.75. The lowest BCUT2D eigenvalue weighted by atomic mass is 9.99. The van der Waals surface area contributed by atoms with Crippen LogP contribution in [0.2, 0.25) is 0 Å². The first kappa shape index (κ1) is 12.3. The number of rotatable bonds is 4. The first-order valence-corrected chi connectivity index (χ1v) is 5.81. The Labute approximate surface area is 93.9 Å². The van der Waals surface area contributed by atoms with Crippen molar-refractivity contribution in [1.82, 2.24) is 5.32 Å². The lowest BCUT2D eigenvalue weighted by Gasteiger charge is -2.18. The molecule has 0 heterocycles. The molecule has 0 bridgehead atoms. The van der Waals surface area contributed by atoms with E-state index in [2.05, 4.69) is 58.1 Å². The van der Waals surface area contributed by atoms with Crippen LogP contribution in [-0.4, -0.2) is 6.54 Å². The SMILES string of the molecule is Cc1ccc(C)c(C(C)NCC(C)C)c1. The van der Waals surface area contributed by atoms with E-state index in [4.69, 9.17) is 0 Å². The molecule has 1 rings (SSSR count). The summed E-state index contributed by atoms with van der Waals surface area (Å²) in [5, 5.41) is 3.57. The molecular formula is C14H23N. The van der Waals surface area contributed by atoms with Gasteiger partial charge in [-0.3, -0.25) is 0 Å². The van der Waals surface area contributed by atoms with E-state index in [1.54, 1.807) is 0 Å². The Balaban J connectivity index is 2.72. The third kappa shape index (κ3) is 3.67. The van der Waals surface area contributed by atoms with Crippen LogP contribution in [0.4, 0.5) is 0 Å². The summed E-state index contributed by atoms with van der Waals surface area (Å²) >= 11 is 0. The molecule has 1 aromatic rings. The van der Waals surface area contributed by atoms with Crippen molar-refractivity contribution in [2.24, 2.45) is 5.92 Å². The van der Waals surface area contributed by atoms with Gasteiger partial charge in [0, 0.05) is 6.04 Å². The van der Waals surface area contributed by atoms with E-state index >= 15 is 0 Å². The van der Waals surface area contributed by atoms with E-state index in [0.29, 0.717) is 12.0 Å². The molecule has 0 aliphatic heterocycles. The minimum absolute atomic E-state index is 0.451. The molecule has 1 nitrogen and oxygen atoms in total. The van der Waals surface area contributed by atoms with Crippen molar-refractivity contribution >= 4 is 0 Å². The van der Waals surface area contributed by atoms with Crippen LogP contribution in [0.25, 0.3) is 0 Å². The zero-order valence-electron chi connectivity index (χ0n) is 10.6. The van der Waals surface area contributed by atoms with Crippen LogP contribution in [-0.2, 0) is 0 Å². The van der Waals surface area contributed by atoms with Crippen molar-refractivity contribution in [3.63, 3.8) is 0 Å². The van der Waals surface area contributed by atoms with Gasteiger partial charge >= 0.3 is 0 Å². The fourth-order valence-corrected chi connectivity index (χ4v) is 1.75. The average Bonchev–Trinajstić information content (AvgIpc) is 2.18. The summed E-state index contributed by atoms with van der Waals surface area (Å²) in [7, 11) is 0. The van der Waals surface area contributed by atoms with E-state index in [9.17, 15) is 0 Å². The maximum Gasteiger partial charge on any atom is 0.0294 e. The zero-order valence-corrected chi connectivity index (χ0v) is 10.6. The quantitative estimate of drug-likeness (QED) is 0.791. The van der Waals surface area contributed by atoms with Crippen LogP contribution < -0.4 is 5.32 Å². The standard InChI is InChI=1S/C14H23N/c1-10(2)9-15-13(5)14-8-11(3)6-7-12(14)4/h6-8,10,13,15H,9H2,1-5H3. The lowest BCUT2D eigenvalue weighted by molar-refractivity contribution is 0.495. The molecule has 0 saturated carbocycles. The number of nitrogens with one attached hydrogen (secondary N) is 1. The summed E-state index contributed by atoms with van der Waals surface area (Å²) in [6, 6.07) is 7.12. The number of hydrogen-bond donors (Lipinski definition) is 1. The molecule has 1 atom stereocenters. The van der Waals surface area contributed by atoms with Crippen LogP contribution in [0.15, 0.2) is 18.2 Å². The maximum atomic E-state index is 3.57. The summed E-state index contributed by atoms with van der Waals surface area (Å²) in [5.74, 6) is 0.706. The Kier molecular flexibility index (Phi) is 4.34. The highest BCUT2D eigenvalue weighted by atomic mass is 14.9. The molecule has 0 radical (unpaired) electrons. The van der Waals surface area contributed by atoms with Gasteiger partial charge in [-0.05, 0) is 44.4 Å². The van der Waals surface area contributed by atoms with Gasteiger partial charge in [-0.25, -0.2) is 0 Å². The molecule has 84 valence electrons. The molecule has 0 amide bonds. The highest BCUT2D eigenvalue weighted by Gasteiger charge is 2.08. The number of hydrogen-bond acceptors (Lipinski definition) is 1. The van der Waals surface area contributed by atoms with Gasteiger partial charge in [0.05, 0.1) is 0 Å². The predicted molar refractivity (Wildman–Crippen MR) is 67.2 cm³/mol. The maximum absolute atomic E-state index is 3.57. The monoisotopic (exact) mass is 205 g/mol. The molecule has 15 heavy (non-hydrogen) atoms. The number of aryl methyl sites for hydroxylation is 2. The Morgan fingerprint density at radius 2 is 1.80 bits per heavy atom. The second-order valence-electron chi connectivity index (χ2n) is 4.88. The molecular weight excluding hydrogens is 182 g/mol. The Morgan fingerprint density at radius 1 is 1.13 bits per heavy atom. The van der Waals surface area contributed by atoms with Gasteiger partial charge in [0.2, 0.25) is 0 Å². The second-order valence-corrected chi connectivity index (χ2v) is 4.88. The highest BCUT2D eigenvalue weighted by molar-refractivity contribution is 5.32. The van der Waals surface area contributed by atoms with Crippen LogP contribution in [0.5, 0.6) is 0 Å². The van der Waals surface area contributed by atoms with Gasteiger partial charge in [0.25, 0.3) is 0 Å². The van der Waals surface area contributed by atoms with Crippen molar-refractivity contribution in [3.05, 3.63) is 34.9 Å². The van der Waals surface area contributed by atoms with Gasteiger partial charge < -0.3 is 5.32 Å². The van der Waals surface area contributed by atoms with E-state index in [1.807, 2.05) is 0 Å². The molecule has 0 aliphatic rings. The first-order valence-electron chi connectivity index (χ1n) is 5.81. The molecule has 0 spiro atoms. The molecule has 1 N–H and O–H groups in total. The minimum Gasteiger partial charge on any atom is -0.310 e. The van der Waals surface area contributed by atoms with E-state index in [0.717, 1.165) is 6.54 Å². The normalized spacial score (nSPS) is 13.2. The predicted octanol–water partition coefficient (Wildman–Crippen LogP) is 3.61. The third-order valence-corrected chi connectivity index (χ3v) is 2.73. The van der Waals surface area contributed by atoms with Crippen LogP contribution in [0, 0.1) is 19.8 Å². The van der Waals surface area contributed by atoms with Crippen molar-refractivity contribution in [3.8, 4) is 0 Å². The van der Waals surface area contributed by atoms with E-state index in [1.165, 1.54) is 16.7 Å². The van der Waals surface area contributed by atoms with Crippen LogP contribution in [0.1, 0.15) is 43.5 Å². The smallest absolute Gasteiger partial charge is 0.0294 e. The Bertz CT molecular complexity index is 315. The Hall–Kier alpha value is -0.820. The summed E-state index contributed by atoms with van der Waals surface area (Å²) in [6.45, 7) is 12.1. The molecule has 1 heteroatoms. The highest BCUT2D eigenvalue weighted by Crippen LogP contribution is 2.18. The topological polar surface area (TPSA) is 12.0 Å². The van der Waals surface area contributed by atoms with Crippen LogP contribution >= 0.6 is 0 Å². The van der Waals surface area contributed by atoms with Crippen molar-refractivity contribution < 1.29 is 0 Å².